The second-order valence-corrected chi connectivity index (χ2v) is 9.99. The number of aromatic nitrogens is 5. The van der Waals surface area contributed by atoms with Gasteiger partial charge in [-0.05, 0) is 61.4 Å². The molecule has 0 N–H and O–H groups in total. The molecule has 1 aliphatic carbocycles. The zero-order valence-electron chi connectivity index (χ0n) is 18.3. The summed E-state index contributed by atoms with van der Waals surface area (Å²) in [6, 6.07) is 7.94. The van der Waals surface area contributed by atoms with E-state index in [1.54, 1.807) is 36.3 Å². The summed E-state index contributed by atoms with van der Waals surface area (Å²) in [5.41, 5.74) is 0.906. The van der Waals surface area contributed by atoms with Gasteiger partial charge in [0.05, 0.1) is 18.0 Å². The third-order valence-electron chi connectivity index (χ3n) is 6.82. The third-order valence-corrected chi connectivity index (χ3v) is 7.93. The van der Waals surface area contributed by atoms with E-state index in [9.17, 15) is 13.2 Å². The van der Waals surface area contributed by atoms with Crippen LogP contribution in [0.2, 0.25) is 0 Å². The number of rotatable bonds is 7. The Morgan fingerprint density at radius 3 is 2.79 bits per heavy atom. The Labute approximate surface area is 194 Å². The molecular weight excluding hydrogens is 449 g/mol. The van der Waals surface area contributed by atoms with E-state index in [0.717, 1.165) is 61.2 Å². The molecule has 5 rings (SSSR count). The van der Waals surface area contributed by atoms with Crippen LogP contribution in [0.1, 0.15) is 36.3 Å². The van der Waals surface area contributed by atoms with Crippen LogP contribution in [0.5, 0.6) is 0 Å². The van der Waals surface area contributed by atoms with E-state index >= 15 is 0 Å². The van der Waals surface area contributed by atoms with Crippen LogP contribution in [0, 0.1) is 5.41 Å². The Morgan fingerprint density at radius 1 is 1.15 bits per heavy atom. The van der Waals surface area contributed by atoms with Crippen molar-refractivity contribution in [3.05, 3.63) is 53.9 Å². The van der Waals surface area contributed by atoms with Gasteiger partial charge in [-0.3, -0.25) is 0 Å². The van der Waals surface area contributed by atoms with Crippen LogP contribution in [-0.4, -0.2) is 55.2 Å². The van der Waals surface area contributed by atoms with Crippen LogP contribution < -0.4 is 0 Å². The molecule has 174 valence electrons. The lowest BCUT2D eigenvalue weighted by molar-refractivity contribution is -0.138. The molecule has 0 unspecified atom stereocenters. The number of hydrogen-bond acceptors (Lipinski definition) is 6. The Hall–Kier alpha value is -2.46. The molecule has 1 spiro atoms. The summed E-state index contributed by atoms with van der Waals surface area (Å²) in [6.45, 7) is 2.79. The highest BCUT2D eigenvalue weighted by molar-refractivity contribution is 7.99. The molecule has 2 aliphatic rings. The Morgan fingerprint density at radius 2 is 2.00 bits per heavy atom. The number of halogens is 3. The molecule has 1 saturated carbocycles. The minimum Gasteiger partial charge on any atom is -0.305 e. The summed E-state index contributed by atoms with van der Waals surface area (Å²) in [5.74, 6) is 1.69. The zero-order chi connectivity index (χ0) is 23.1. The maximum Gasteiger partial charge on any atom is 0.416 e. The largest absolute Gasteiger partial charge is 0.416 e. The first-order valence-electron chi connectivity index (χ1n) is 11.1. The van der Waals surface area contributed by atoms with Gasteiger partial charge in [-0.2, -0.15) is 23.4 Å². The van der Waals surface area contributed by atoms with Crippen LogP contribution in [0.15, 0.2) is 47.9 Å². The van der Waals surface area contributed by atoms with Crippen molar-refractivity contribution in [2.24, 2.45) is 12.5 Å². The standard InChI is InChI=1S/C23H25F3N6S/c1-31-20(16-7-9-27-28-14-16)29-30-21(31)33-12-4-10-32-11-8-22(15-32)13-19(22)17-5-2-3-6-18(17)23(24,25)26/h2-3,5-7,9,14,19H,4,8,10-13,15H2,1H3/t19-,22+/m1/s1. The molecule has 1 saturated heterocycles. The van der Waals surface area contributed by atoms with E-state index in [-0.39, 0.29) is 11.3 Å². The van der Waals surface area contributed by atoms with Crippen molar-refractivity contribution in [2.45, 2.75) is 36.5 Å². The van der Waals surface area contributed by atoms with Crippen LogP contribution in [0.25, 0.3) is 11.4 Å². The average molecular weight is 475 g/mol. The maximum absolute atomic E-state index is 13.4. The fraction of sp³-hybridized carbons (Fsp3) is 0.478. The van der Waals surface area contributed by atoms with Gasteiger partial charge in [-0.1, -0.05) is 30.0 Å². The lowest BCUT2D eigenvalue weighted by Gasteiger charge is -2.17. The average Bonchev–Trinajstić information content (AvgIpc) is 3.15. The molecule has 1 aromatic carbocycles. The second kappa shape index (κ2) is 8.72. The predicted octanol–water partition coefficient (Wildman–Crippen LogP) is 4.65. The van der Waals surface area contributed by atoms with Gasteiger partial charge in [-0.25, -0.2) is 0 Å². The SMILES string of the molecule is Cn1c(SCCCN2CC[C@]3(C[C@@H]3c3ccccc3C(F)(F)F)C2)nnc1-c1ccnnc1. The van der Waals surface area contributed by atoms with Crippen molar-refractivity contribution >= 4 is 11.8 Å². The molecule has 3 aromatic rings. The minimum absolute atomic E-state index is 0.0194. The van der Waals surface area contributed by atoms with Crippen LogP contribution in [0.3, 0.4) is 0 Å². The first kappa shape index (κ1) is 22.3. The van der Waals surface area contributed by atoms with Gasteiger partial charge in [-0.15, -0.1) is 10.2 Å². The number of hydrogen-bond donors (Lipinski definition) is 0. The summed E-state index contributed by atoms with van der Waals surface area (Å²) >= 11 is 1.67. The second-order valence-electron chi connectivity index (χ2n) is 8.93. The summed E-state index contributed by atoms with van der Waals surface area (Å²) < 4.78 is 42.2. The van der Waals surface area contributed by atoms with Gasteiger partial charge in [0.1, 0.15) is 0 Å². The van der Waals surface area contributed by atoms with E-state index < -0.39 is 11.7 Å². The Balaban J connectivity index is 1.12. The highest BCUT2D eigenvalue weighted by Gasteiger charge is 2.59. The summed E-state index contributed by atoms with van der Waals surface area (Å²) in [7, 11) is 1.94. The number of nitrogens with zero attached hydrogens (tertiary/aromatic N) is 6. The fourth-order valence-electron chi connectivity index (χ4n) is 5.04. The molecule has 2 fully saturated rings. The molecule has 1 aliphatic heterocycles. The molecular formula is C23H25F3N6S. The van der Waals surface area contributed by atoms with Crippen molar-refractivity contribution in [2.75, 3.05) is 25.4 Å². The predicted molar refractivity (Wildman–Crippen MR) is 120 cm³/mol. The summed E-state index contributed by atoms with van der Waals surface area (Å²) in [4.78, 5) is 2.40. The van der Waals surface area contributed by atoms with E-state index in [1.165, 1.54) is 12.1 Å². The Bertz CT molecular complexity index is 1120. The van der Waals surface area contributed by atoms with E-state index in [4.69, 9.17) is 0 Å². The van der Waals surface area contributed by atoms with Crippen LogP contribution in [0.4, 0.5) is 13.2 Å². The lowest BCUT2D eigenvalue weighted by Crippen LogP contribution is -2.23. The smallest absolute Gasteiger partial charge is 0.305 e. The van der Waals surface area contributed by atoms with Gasteiger partial charge in [0.2, 0.25) is 0 Å². The van der Waals surface area contributed by atoms with E-state index in [1.807, 2.05) is 17.7 Å². The topological polar surface area (TPSA) is 59.7 Å². The van der Waals surface area contributed by atoms with Crippen molar-refractivity contribution in [1.29, 1.82) is 0 Å². The summed E-state index contributed by atoms with van der Waals surface area (Å²) in [5, 5.41) is 17.1. The molecule has 2 aromatic heterocycles. The van der Waals surface area contributed by atoms with Crippen LogP contribution >= 0.6 is 11.8 Å². The van der Waals surface area contributed by atoms with Crippen molar-refractivity contribution < 1.29 is 13.2 Å². The highest BCUT2D eigenvalue weighted by atomic mass is 32.2. The van der Waals surface area contributed by atoms with Crippen molar-refractivity contribution in [3.8, 4) is 11.4 Å². The first-order chi connectivity index (χ1) is 15.9. The van der Waals surface area contributed by atoms with Crippen LogP contribution in [-0.2, 0) is 13.2 Å². The van der Waals surface area contributed by atoms with E-state index in [2.05, 4.69) is 25.3 Å². The van der Waals surface area contributed by atoms with Gasteiger partial charge in [0.15, 0.2) is 11.0 Å². The molecule has 0 bridgehead atoms. The normalized spacial score (nSPS) is 22.8. The number of likely N-dealkylation sites (tertiary alicyclic amines) is 1. The quantitative estimate of drug-likeness (QED) is 0.367. The van der Waals surface area contributed by atoms with Crippen molar-refractivity contribution in [3.63, 3.8) is 0 Å². The minimum atomic E-state index is -4.29. The third kappa shape index (κ3) is 4.50. The molecule has 2 atom stereocenters. The van der Waals surface area contributed by atoms with Gasteiger partial charge in [0.25, 0.3) is 0 Å². The lowest BCUT2D eigenvalue weighted by atomic mass is 9.95. The Kier molecular flexibility index (Phi) is 5.90. The van der Waals surface area contributed by atoms with Gasteiger partial charge >= 0.3 is 6.18 Å². The monoisotopic (exact) mass is 474 g/mol. The first-order valence-corrected chi connectivity index (χ1v) is 12.0. The maximum atomic E-state index is 13.4. The number of alkyl halides is 3. The fourth-order valence-corrected chi connectivity index (χ4v) is 5.87. The van der Waals surface area contributed by atoms with Gasteiger partial charge in [0, 0.05) is 24.9 Å². The highest BCUT2D eigenvalue weighted by Crippen LogP contribution is 2.65. The van der Waals surface area contributed by atoms with E-state index in [0.29, 0.717) is 5.56 Å². The van der Waals surface area contributed by atoms with Gasteiger partial charge < -0.3 is 9.47 Å². The zero-order valence-corrected chi connectivity index (χ0v) is 19.1. The molecule has 0 radical (unpaired) electrons. The molecule has 33 heavy (non-hydrogen) atoms. The summed E-state index contributed by atoms with van der Waals surface area (Å²) in [6.07, 6.45) is 1.83. The van der Waals surface area contributed by atoms with Crippen molar-refractivity contribution in [1.82, 2.24) is 29.9 Å². The number of benzene rings is 1. The number of thioether (sulfide) groups is 1. The molecule has 0 amide bonds. The molecule has 6 nitrogen and oxygen atoms in total. The molecule has 10 heteroatoms. The molecule has 3 heterocycles.